The Kier molecular flexibility index (Phi) is 6.30. The third-order valence-electron chi connectivity index (χ3n) is 2.16. The minimum absolute atomic E-state index is 0.190. The van der Waals surface area contributed by atoms with E-state index in [1.807, 2.05) is 37.3 Å². The van der Waals surface area contributed by atoms with Gasteiger partial charge in [-0.15, -0.1) is 0 Å². The second-order valence-electron chi connectivity index (χ2n) is 3.39. The number of ether oxygens (including phenoxy) is 2. The van der Waals surface area contributed by atoms with E-state index in [0.29, 0.717) is 12.4 Å². The Labute approximate surface area is 99.2 Å². The highest BCUT2D eigenvalue weighted by Crippen LogP contribution is 2.06. The molecule has 0 aliphatic carbocycles. The molecule has 0 saturated carbocycles. The van der Waals surface area contributed by atoms with Crippen molar-refractivity contribution in [2.45, 2.75) is 24.5 Å². The van der Waals surface area contributed by atoms with E-state index in [2.05, 4.69) is 0 Å². The van der Waals surface area contributed by atoms with E-state index in [0.717, 1.165) is 11.3 Å². The monoisotopic (exact) mass is 242 g/mol. The third-order valence-corrected chi connectivity index (χ3v) is 3.62. The second-order valence-corrected chi connectivity index (χ2v) is 4.96. The van der Waals surface area contributed by atoms with Crippen LogP contribution in [-0.4, -0.2) is 30.0 Å². The molecule has 0 saturated heterocycles. The van der Waals surface area contributed by atoms with Crippen LogP contribution in [-0.2, 0) is 20.3 Å². The minimum Gasteiger partial charge on any atom is -0.356 e. The summed E-state index contributed by atoms with van der Waals surface area (Å²) in [5.74, 6) is 0.625. The number of rotatable bonds is 7. The van der Waals surface area contributed by atoms with Crippen molar-refractivity contribution in [2.75, 3.05) is 19.5 Å². The first kappa shape index (κ1) is 13.4. The molecule has 1 rings (SSSR count). The average molecular weight is 242 g/mol. The fourth-order valence-corrected chi connectivity index (χ4v) is 2.27. The molecule has 3 nitrogen and oxygen atoms in total. The lowest BCUT2D eigenvalue weighted by molar-refractivity contribution is -0.110. The summed E-state index contributed by atoms with van der Waals surface area (Å²) >= 11 is 0. The first-order valence-corrected chi connectivity index (χ1v) is 6.63. The molecule has 0 spiro atoms. The van der Waals surface area contributed by atoms with E-state index in [9.17, 15) is 4.21 Å². The lowest BCUT2D eigenvalue weighted by atomic mass is 10.4. The van der Waals surface area contributed by atoms with E-state index >= 15 is 0 Å². The molecule has 0 N–H and O–H groups in total. The molecule has 1 aromatic carbocycles. The molecule has 0 heterocycles. The van der Waals surface area contributed by atoms with Gasteiger partial charge >= 0.3 is 0 Å². The van der Waals surface area contributed by atoms with Gasteiger partial charge in [-0.2, -0.15) is 0 Å². The van der Waals surface area contributed by atoms with E-state index in [-0.39, 0.29) is 6.29 Å². The normalized spacial score (nSPS) is 14.6. The van der Waals surface area contributed by atoms with E-state index < -0.39 is 10.8 Å². The van der Waals surface area contributed by atoms with Crippen LogP contribution in [0, 0.1) is 0 Å². The summed E-state index contributed by atoms with van der Waals surface area (Å²) in [4.78, 5) is 0.877. The molecule has 2 unspecified atom stereocenters. The minimum atomic E-state index is -0.921. The molecule has 0 aromatic heterocycles. The Balaban J connectivity index is 2.21. The molecule has 2 atom stereocenters. The summed E-state index contributed by atoms with van der Waals surface area (Å²) in [7, 11) is 0.683. The number of hydrogen-bond donors (Lipinski definition) is 0. The van der Waals surface area contributed by atoms with Crippen molar-refractivity contribution < 1.29 is 13.7 Å². The molecule has 4 heteroatoms. The SMILES string of the molecule is COC(C)OCCCS(=O)c1ccccc1. The molecule has 0 bridgehead atoms. The molecule has 0 amide bonds. The maximum Gasteiger partial charge on any atom is 0.154 e. The van der Waals surface area contributed by atoms with E-state index in [1.54, 1.807) is 7.11 Å². The van der Waals surface area contributed by atoms with Gasteiger partial charge in [-0.3, -0.25) is 4.21 Å². The first-order chi connectivity index (χ1) is 7.74. The Bertz CT molecular complexity index is 313. The fourth-order valence-electron chi connectivity index (χ4n) is 1.20. The van der Waals surface area contributed by atoms with Crippen molar-refractivity contribution in [3.63, 3.8) is 0 Å². The zero-order valence-corrected chi connectivity index (χ0v) is 10.5. The summed E-state index contributed by atoms with van der Waals surface area (Å²) in [5, 5.41) is 0. The first-order valence-electron chi connectivity index (χ1n) is 5.32. The average Bonchev–Trinajstić information content (AvgIpc) is 2.35. The van der Waals surface area contributed by atoms with Crippen molar-refractivity contribution in [2.24, 2.45) is 0 Å². The molecular weight excluding hydrogens is 224 g/mol. The van der Waals surface area contributed by atoms with Crippen LogP contribution in [0.5, 0.6) is 0 Å². The molecule has 0 aliphatic heterocycles. The lowest BCUT2D eigenvalue weighted by Crippen LogP contribution is -2.12. The van der Waals surface area contributed by atoms with Crippen LogP contribution in [0.2, 0.25) is 0 Å². The van der Waals surface area contributed by atoms with Crippen molar-refractivity contribution in [3.8, 4) is 0 Å². The summed E-state index contributed by atoms with van der Waals surface area (Å²) in [5.41, 5.74) is 0. The largest absolute Gasteiger partial charge is 0.356 e. The van der Waals surface area contributed by atoms with Crippen LogP contribution in [0.4, 0.5) is 0 Å². The predicted octanol–water partition coefficient (Wildman–Crippen LogP) is 2.19. The van der Waals surface area contributed by atoms with Gasteiger partial charge in [-0.05, 0) is 25.5 Å². The Morgan fingerprint density at radius 3 is 2.62 bits per heavy atom. The topological polar surface area (TPSA) is 35.5 Å². The van der Waals surface area contributed by atoms with Gasteiger partial charge in [-0.25, -0.2) is 0 Å². The van der Waals surface area contributed by atoms with Gasteiger partial charge in [0.15, 0.2) is 6.29 Å². The quantitative estimate of drug-likeness (QED) is 0.543. The van der Waals surface area contributed by atoms with Gasteiger partial charge in [0.25, 0.3) is 0 Å². The molecule has 0 fully saturated rings. The van der Waals surface area contributed by atoms with Crippen LogP contribution in [0.1, 0.15) is 13.3 Å². The van der Waals surface area contributed by atoms with Gasteiger partial charge in [-0.1, -0.05) is 18.2 Å². The van der Waals surface area contributed by atoms with Crippen LogP contribution < -0.4 is 0 Å². The van der Waals surface area contributed by atoms with Crippen molar-refractivity contribution in [1.29, 1.82) is 0 Å². The van der Waals surface area contributed by atoms with Gasteiger partial charge in [0.05, 0.1) is 17.4 Å². The number of benzene rings is 1. The third kappa shape index (κ3) is 4.88. The molecule has 0 radical (unpaired) electrons. The molecule has 0 aliphatic rings. The van der Waals surface area contributed by atoms with Crippen LogP contribution in [0.3, 0.4) is 0 Å². The molecule has 1 aromatic rings. The summed E-state index contributed by atoms with van der Waals surface area (Å²) in [6.45, 7) is 2.42. The summed E-state index contributed by atoms with van der Waals surface area (Å²) < 4.78 is 22.0. The highest BCUT2D eigenvalue weighted by Gasteiger charge is 2.03. The van der Waals surface area contributed by atoms with Crippen LogP contribution >= 0.6 is 0 Å². The van der Waals surface area contributed by atoms with Crippen molar-refractivity contribution in [1.82, 2.24) is 0 Å². The number of hydrogen-bond acceptors (Lipinski definition) is 3. The van der Waals surface area contributed by atoms with Crippen LogP contribution in [0.25, 0.3) is 0 Å². The standard InChI is InChI=1S/C12H18O3S/c1-11(14-2)15-9-6-10-16(13)12-7-4-3-5-8-12/h3-5,7-8,11H,6,9-10H2,1-2H3. The summed E-state index contributed by atoms with van der Waals surface area (Å²) in [6.07, 6.45) is 0.583. The maximum atomic E-state index is 11.8. The van der Waals surface area contributed by atoms with Gasteiger partial charge in [0.1, 0.15) is 0 Å². The van der Waals surface area contributed by atoms with E-state index in [4.69, 9.17) is 9.47 Å². The Morgan fingerprint density at radius 1 is 1.31 bits per heavy atom. The Morgan fingerprint density at radius 2 is 2.00 bits per heavy atom. The molecular formula is C12H18O3S. The number of methoxy groups -OCH3 is 1. The van der Waals surface area contributed by atoms with Gasteiger partial charge in [0.2, 0.25) is 0 Å². The smallest absolute Gasteiger partial charge is 0.154 e. The predicted molar refractivity (Wildman–Crippen MR) is 64.8 cm³/mol. The molecule has 16 heavy (non-hydrogen) atoms. The van der Waals surface area contributed by atoms with E-state index in [1.165, 1.54) is 0 Å². The zero-order valence-electron chi connectivity index (χ0n) is 9.72. The van der Waals surface area contributed by atoms with Gasteiger partial charge in [0, 0.05) is 17.8 Å². The lowest BCUT2D eigenvalue weighted by Gasteiger charge is -2.10. The molecule has 90 valence electrons. The zero-order chi connectivity index (χ0) is 11.8. The fraction of sp³-hybridized carbons (Fsp3) is 0.500. The Hall–Kier alpha value is -0.710. The van der Waals surface area contributed by atoms with Crippen molar-refractivity contribution >= 4 is 10.8 Å². The van der Waals surface area contributed by atoms with Crippen molar-refractivity contribution in [3.05, 3.63) is 30.3 Å². The van der Waals surface area contributed by atoms with Gasteiger partial charge < -0.3 is 9.47 Å². The van der Waals surface area contributed by atoms with Crippen LogP contribution in [0.15, 0.2) is 35.2 Å². The highest BCUT2D eigenvalue weighted by molar-refractivity contribution is 7.85. The maximum absolute atomic E-state index is 11.8. The highest BCUT2D eigenvalue weighted by atomic mass is 32.2. The summed E-state index contributed by atoms with van der Waals surface area (Å²) in [6, 6.07) is 9.49. The second kappa shape index (κ2) is 7.54.